The largest absolute Gasteiger partial charge is 0.493 e. The van der Waals surface area contributed by atoms with E-state index in [1.54, 1.807) is 18.2 Å². The molecule has 132 valence electrons. The molecule has 0 aliphatic carbocycles. The fourth-order valence-electron chi connectivity index (χ4n) is 3.17. The average Bonchev–Trinajstić information content (AvgIpc) is 3.14. The van der Waals surface area contributed by atoms with Gasteiger partial charge in [-0.3, -0.25) is 0 Å². The van der Waals surface area contributed by atoms with Crippen LogP contribution in [0.2, 0.25) is 5.02 Å². The van der Waals surface area contributed by atoms with Gasteiger partial charge in [-0.05, 0) is 24.3 Å². The summed E-state index contributed by atoms with van der Waals surface area (Å²) in [6.45, 7) is 0. The predicted octanol–water partition coefficient (Wildman–Crippen LogP) is 4.77. The first kappa shape index (κ1) is 15.7. The zero-order chi connectivity index (χ0) is 18.5. The molecule has 0 saturated carbocycles. The minimum Gasteiger partial charge on any atom is -0.493 e. The Balaban J connectivity index is 1.63. The van der Waals surface area contributed by atoms with Gasteiger partial charge >= 0.3 is 0 Å². The van der Waals surface area contributed by atoms with E-state index >= 15 is 0 Å². The maximum absolute atomic E-state index is 10.1. The standard InChI is InChI=1S/C18H12ClN7O/c1-26-13-5-3-2-4-10(13)14-16(26)21-18(24-22-14)25-23-15-11-8-9(19)6-7-12(11)20-17(15)27/h2-8,20,27H,1H3. The van der Waals surface area contributed by atoms with Gasteiger partial charge in [0.1, 0.15) is 5.52 Å². The van der Waals surface area contributed by atoms with Crippen LogP contribution < -0.4 is 0 Å². The molecule has 0 bridgehead atoms. The SMILES string of the molecule is Cn1c2ccccc2c2nnc(N=Nc3c(O)[nH]c4ccc(Cl)cc34)nc21. The molecule has 0 unspecified atom stereocenters. The molecule has 0 aliphatic rings. The average molecular weight is 378 g/mol. The van der Waals surface area contributed by atoms with Crippen molar-refractivity contribution in [2.45, 2.75) is 0 Å². The maximum atomic E-state index is 10.1. The fraction of sp³-hybridized carbons (Fsp3) is 0.0556. The Bertz CT molecular complexity index is 1370. The van der Waals surface area contributed by atoms with E-state index in [0.29, 0.717) is 27.1 Å². The smallest absolute Gasteiger partial charge is 0.289 e. The van der Waals surface area contributed by atoms with Crippen molar-refractivity contribution < 1.29 is 5.11 Å². The lowest BCUT2D eigenvalue weighted by Gasteiger charge is -1.96. The molecular weight excluding hydrogens is 366 g/mol. The van der Waals surface area contributed by atoms with Crippen molar-refractivity contribution in [3.05, 3.63) is 47.5 Å². The van der Waals surface area contributed by atoms with Crippen LogP contribution in [0.5, 0.6) is 5.88 Å². The summed E-state index contributed by atoms with van der Waals surface area (Å²) < 4.78 is 1.93. The highest BCUT2D eigenvalue weighted by Crippen LogP contribution is 2.37. The third-order valence-corrected chi connectivity index (χ3v) is 4.68. The lowest BCUT2D eigenvalue weighted by molar-refractivity contribution is 0.459. The van der Waals surface area contributed by atoms with Crippen LogP contribution in [0.25, 0.3) is 33.0 Å². The summed E-state index contributed by atoms with van der Waals surface area (Å²) in [4.78, 5) is 7.28. The quantitative estimate of drug-likeness (QED) is 0.432. The summed E-state index contributed by atoms with van der Waals surface area (Å²) >= 11 is 6.03. The second kappa shape index (κ2) is 5.75. The van der Waals surface area contributed by atoms with Crippen LogP contribution in [-0.2, 0) is 7.05 Å². The first-order chi connectivity index (χ1) is 13.1. The van der Waals surface area contributed by atoms with Gasteiger partial charge in [0.15, 0.2) is 11.3 Å². The Labute approximate surface area is 157 Å². The number of fused-ring (bicyclic) bond motifs is 4. The summed E-state index contributed by atoms with van der Waals surface area (Å²) in [6, 6.07) is 13.1. The molecule has 0 aliphatic heterocycles. The Morgan fingerprint density at radius 2 is 1.93 bits per heavy atom. The van der Waals surface area contributed by atoms with Crippen molar-refractivity contribution in [1.29, 1.82) is 0 Å². The highest BCUT2D eigenvalue weighted by atomic mass is 35.5. The van der Waals surface area contributed by atoms with Gasteiger partial charge in [-0.25, -0.2) is 0 Å². The molecule has 3 aromatic heterocycles. The number of aromatic hydroxyl groups is 1. The summed E-state index contributed by atoms with van der Waals surface area (Å²) in [5.41, 5.74) is 3.34. The molecule has 2 N–H and O–H groups in total. The van der Waals surface area contributed by atoms with Gasteiger partial charge in [0, 0.05) is 22.8 Å². The van der Waals surface area contributed by atoms with Gasteiger partial charge in [0.2, 0.25) is 5.88 Å². The van der Waals surface area contributed by atoms with Gasteiger partial charge in [-0.15, -0.1) is 20.4 Å². The van der Waals surface area contributed by atoms with Gasteiger partial charge in [-0.2, -0.15) is 4.98 Å². The number of rotatable bonds is 2. The molecule has 27 heavy (non-hydrogen) atoms. The summed E-state index contributed by atoms with van der Waals surface area (Å²) in [7, 11) is 1.91. The number of para-hydroxylation sites is 1. The summed E-state index contributed by atoms with van der Waals surface area (Å²) in [6.07, 6.45) is 0. The number of azo groups is 1. The van der Waals surface area contributed by atoms with E-state index in [1.165, 1.54) is 0 Å². The Morgan fingerprint density at radius 3 is 2.81 bits per heavy atom. The number of nitrogens with zero attached hydrogens (tertiary/aromatic N) is 6. The van der Waals surface area contributed by atoms with E-state index in [2.05, 4.69) is 30.4 Å². The number of halogens is 1. The Kier molecular flexibility index (Phi) is 3.34. The fourth-order valence-corrected chi connectivity index (χ4v) is 3.34. The second-order valence-electron chi connectivity index (χ2n) is 6.07. The molecule has 9 heteroatoms. The molecule has 5 rings (SSSR count). The third-order valence-electron chi connectivity index (χ3n) is 4.45. The monoisotopic (exact) mass is 377 g/mol. The van der Waals surface area contributed by atoms with Crippen LogP contribution in [0.3, 0.4) is 0 Å². The molecular formula is C18H12ClN7O. The van der Waals surface area contributed by atoms with E-state index < -0.39 is 0 Å². The number of nitrogens with one attached hydrogen (secondary N) is 1. The topological polar surface area (TPSA) is 104 Å². The van der Waals surface area contributed by atoms with Crippen LogP contribution in [-0.4, -0.2) is 29.8 Å². The molecule has 0 spiro atoms. The van der Waals surface area contributed by atoms with Crippen LogP contribution in [0.4, 0.5) is 11.6 Å². The van der Waals surface area contributed by atoms with Crippen LogP contribution >= 0.6 is 11.6 Å². The first-order valence-electron chi connectivity index (χ1n) is 8.11. The predicted molar refractivity (Wildman–Crippen MR) is 103 cm³/mol. The van der Waals surface area contributed by atoms with Crippen LogP contribution in [0, 0.1) is 0 Å². The lowest BCUT2D eigenvalue weighted by atomic mass is 10.2. The molecule has 3 heterocycles. The molecule has 8 nitrogen and oxygen atoms in total. The van der Waals surface area contributed by atoms with Crippen molar-refractivity contribution in [1.82, 2.24) is 24.7 Å². The number of aromatic amines is 1. The van der Waals surface area contributed by atoms with E-state index in [9.17, 15) is 5.11 Å². The van der Waals surface area contributed by atoms with Crippen molar-refractivity contribution in [3.63, 3.8) is 0 Å². The van der Waals surface area contributed by atoms with Crippen LogP contribution in [0.15, 0.2) is 52.7 Å². The Morgan fingerprint density at radius 1 is 1.07 bits per heavy atom. The van der Waals surface area contributed by atoms with Crippen molar-refractivity contribution in [2.75, 3.05) is 0 Å². The first-order valence-corrected chi connectivity index (χ1v) is 8.49. The van der Waals surface area contributed by atoms with Gasteiger partial charge in [0.25, 0.3) is 5.95 Å². The number of aryl methyl sites for hydroxylation is 1. The summed E-state index contributed by atoms with van der Waals surface area (Å²) in [5, 5.41) is 28.7. The van der Waals surface area contributed by atoms with E-state index in [0.717, 1.165) is 10.9 Å². The second-order valence-corrected chi connectivity index (χ2v) is 6.51. The van der Waals surface area contributed by atoms with Crippen molar-refractivity contribution in [3.8, 4) is 5.88 Å². The maximum Gasteiger partial charge on any atom is 0.289 e. The highest BCUT2D eigenvalue weighted by Gasteiger charge is 2.13. The number of hydrogen-bond acceptors (Lipinski definition) is 6. The zero-order valence-electron chi connectivity index (χ0n) is 14.0. The Hall–Kier alpha value is -3.52. The van der Waals surface area contributed by atoms with Crippen LogP contribution in [0.1, 0.15) is 0 Å². The van der Waals surface area contributed by atoms with E-state index in [-0.39, 0.29) is 17.5 Å². The minimum absolute atomic E-state index is 0.101. The number of H-pyrrole nitrogens is 1. The third kappa shape index (κ3) is 2.42. The van der Waals surface area contributed by atoms with Gasteiger partial charge in [-0.1, -0.05) is 29.8 Å². The van der Waals surface area contributed by atoms with Gasteiger partial charge < -0.3 is 14.7 Å². The molecule has 0 amide bonds. The minimum atomic E-state index is -0.102. The molecule has 5 aromatic rings. The number of hydrogen-bond donors (Lipinski definition) is 2. The van der Waals surface area contributed by atoms with E-state index in [1.807, 2.05) is 35.9 Å². The van der Waals surface area contributed by atoms with E-state index in [4.69, 9.17) is 11.6 Å². The van der Waals surface area contributed by atoms with Crippen molar-refractivity contribution >= 4 is 56.2 Å². The molecule has 2 aromatic carbocycles. The highest BCUT2D eigenvalue weighted by molar-refractivity contribution is 6.31. The molecule has 0 saturated heterocycles. The lowest BCUT2D eigenvalue weighted by Crippen LogP contribution is -1.92. The molecule has 0 atom stereocenters. The molecule has 0 radical (unpaired) electrons. The number of benzene rings is 2. The zero-order valence-corrected chi connectivity index (χ0v) is 14.8. The molecule has 0 fully saturated rings. The normalized spacial score (nSPS) is 12.1. The number of aromatic nitrogens is 5. The van der Waals surface area contributed by atoms with Gasteiger partial charge in [0.05, 0.1) is 11.0 Å². The van der Waals surface area contributed by atoms with Crippen molar-refractivity contribution in [2.24, 2.45) is 17.3 Å². The summed E-state index contributed by atoms with van der Waals surface area (Å²) in [5.74, 6) is -0.00107.